The Labute approximate surface area is 141 Å². The maximum Gasteiger partial charge on any atom is 0.255 e. The molecule has 24 heavy (non-hydrogen) atoms. The minimum absolute atomic E-state index is 0.0754. The van der Waals surface area contributed by atoms with Crippen LogP contribution in [0.5, 0.6) is 5.75 Å². The summed E-state index contributed by atoms with van der Waals surface area (Å²) in [6.07, 6.45) is 2.06. The standard InChI is InChI=1S/C19H20N2O3/c1-3-12-24-17-10-8-14(9-11-17)19(23)21-16-7-5-6-15(13-16)20-18(22)4-2/h3,5-11,13H,1,4,12H2,2H3,(H,20,22)(H,21,23). The summed E-state index contributed by atoms with van der Waals surface area (Å²) in [5, 5.41) is 5.56. The first-order valence-corrected chi connectivity index (χ1v) is 7.67. The fourth-order valence-corrected chi connectivity index (χ4v) is 1.99. The van der Waals surface area contributed by atoms with Crippen molar-refractivity contribution in [1.29, 1.82) is 0 Å². The van der Waals surface area contributed by atoms with Crippen LogP contribution in [0.1, 0.15) is 23.7 Å². The molecule has 0 aromatic heterocycles. The molecule has 0 saturated heterocycles. The average molecular weight is 324 g/mol. The number of carbonyl (C=O) groups excluding carboxylic acids is 2. The molecule has 0 bridgehead atoms. The van der Waals surface area contributed by atoms with Gasteiger partial charge >= 0.3 is 0 Å². The molecule has 2 rings (SSSR count). The normalized spacial score (nSPS) is 9.88. The highest BCUT2D eigenvalue weighted by atomic mass is 16.5. The number of hydrogen-bond donors (Lipinski definition) is 2. The molecule has 0 fully saturated rings. The van der Waals surface area contributed by atoms with Gasteiger partial charge in [0.2, 0.25) is 5.91 Å². The Bertz CT molecular complexity index is 724. The van der Waals surface area contributed by atoms with Crippen molar-refractivity contribution in [2.45, 2.75) is 13.3 Å². The Hall–Kier alpha value is -3.08. The summed E-state index contributed by atoms with van der Waals surface area (Å²) in [4.78, 5) is 23.7. The van der Waals surface area contributed by atoms with Gasteiger partial charge < -0.3 is 15.4 Å². The third-order valence-electron chi connectivity index (χ3n) is 3.21. The monoisotopic (exact) mass is 324 g/mol. The molecular weight excluding hydrogens is 304 g/mol. The zero-order chi connectivity index (χ0) is 17.4. The van der Waals surface area contributed by atoms with Crippen LogP contribution in [0.3, 0.4) is 0 Å². The lowest BCUT2D eigenvalue weighted by molar-refractivity contribution is -0.115. The van der Waals surface area contributed by atoms with Gasteiger partial charge in [0.15, 0.2) is 0 Å². The van der Waals surface area contributed by atoms with Gasteiger partial charge in [-0.1, -0.05) is 25.6 Å². The highest BCUT2D eigenvalue weighted by Crippen LogP contribution is 2.17. The molecule has 2 N–H and O–H groups in total. The smallest absolute Gasteiger partial charge is 0.255 e. The molecule has 124 valence electrons. The number of ether oxygens (including phenoxy) is 1. The van der Waals surface area contributed by atoms with Crippen molar-refractivity contribution in [3.63, 3.8) is 0 Å². The zero-order valence-electron chi connectivity index (χ0n) is 13.5. The predicted molar refractivity (Wildman–Crippen MR) is 95.4 cm³/mol. The molecule has 0 radical (unpaired) electrons. The summed E-state index contributed by atoms with van der Waals surface area (Å²) in [5.41, 5.74) is 1.78. The molecule has 0 spiro atoms. The van der Waals surface area contributed by atoms with E-state index in [1.165, 1.54) is 0 Å². The fourth-order valence-electron chi connectivity index (χ4n) is 1.99. The third-order valence-corrected chi connectivity index (χ3v) is 3.21. The van der Waals surface area contributed by atoms with Crippen LogP contribution in [0.25, 0.3) is 0 Å². The number of nitrogens with one attached hydrogen (secondary N) is 2. The Morgan fingerprint density at radius 3 is 2.38 bits per heavy atom. The molecule has 5 nitrogen and oxygen atoms in total. The molecule has 2 aromatic carbocycles. The van der Waals surface area contributed by atoms with Crippen molar-refractivity contribution in [3.8, 4) is 5.75 Å². The topological polar surface area (TPSA) is 67.4 Å². The lowest BCUT2D eigenvalue weighted by Gasteiger charge is -2.09. The van der Waals surface area contributed by atoms with Crippen LogP contribution in [0, 0.1) is 0 Å². The van der Waals surface area contributed by atoms with Gasteiger partial charge in [0.1, 0.15) is 12.4 Å². The Kier molecular flexibility index (Phi) is 6.14. The van der Waals surface area contributed by atoms with E-state index in [1.54, 1.807) is 61.5 Å². The van der Waals surface area contributed by atoms with Gasteiger partial charge in [-0.3, -0.25) is 9.59 Å². The molecule has 0 saturated carbocycles. The van der Waals surface area contributed by atoms with Crippen molar-refractivity contribution in [3.05, 3.63) is 66.7 Å². The number of anilines is 2. The average Bonchev–Trinajstić information content (AvgIpc) is 2.60. The quantitative estimate of drug-likeness (QED) is 0.760. The highest BCUT2D eigenvalue weighted by Gasteiger charge is 2.07. The van der Waals surface area contributed by atoms with Crippen molar-refractivity contribution < 1.29 is 14.3 Å². The molecule has 0 aliphatic rings. The van der Waals surface area contributed by atoms with E-state index in [-0.39, 0.29) is 11.8 Å². The van der Waals surface area contributed by atoms with Gasteiger partial charge in [-0.25, -0.2) is 0 Å². The fraction of sp³-hybridized carbons (Fsp3) is 0.158. The van der Waals surface area contributed by atoms with Crippen molar-refractivity contribution in [1.82, 2.24) is 0 Å². The molecule has 0 unspecified atom stereocenters. The van der Waals surface area contributed by atoms with E-state index >= 15 is 0 Å². The summed E-state index contributed by atoms with van der Waals surface area (Å²) in [6.45, 7) is 5.78. The predicted octanol–water partition coefficient (Wildman–Crippen LogP) is 3.85. The number of amides is 2. The summed E-state index contributed by atoms with van der Waals surface area (Å²) in [5.74, 6) is 0.369. The Morgan fingerprint density at radius 1 is 1.08 bits per heavy atom. The van der Waals surface area contributed by atoms with Crippen molar-refractivity contribution in [2.24, 2.45) is 0 Å². The van der Waals surface area contributed by atoms with Crippen molar-refractivity contribution in [2.75, 3.05) is 17.2 Å². The maximum atomic E-state index is 12.3. The van der Waals surface area contributed by atoms with Gasteiger partial charge in [0.05, 0.1) is 0 Å². The van der Waals surface area contributed by atoms with Gasteiger partial charge in [0, 0.05) is 23.4 Å². The Morgan fingerprint density at radius 2 is 1.75 bits per heavy atom. The molecule has 0 heterocycles. The van der Waals surface area contributed by atoms with E-state index in [4.69, 9.17) is 4.74 Å². The first-order chi connectivity index (χ1) is 11.6. The summed E-state index contributed by atoms with van der Waals surface area (Å²) >= 11 is 0. The van der Waals surface area contributed by atoms with Crippen molar-refractivity contribution >= 4 is 23.2 Å². The first kappa shape index (κ1) is 17.3. The van der Waals surface area contributed by atoms with Gasteiger partial charge in [-0.2, -0.15) is 0 Å². The molecule has 2 amide bonds. The summed E-state index contributed by atoms with van der Waals surface area (Å²) in [7, 11) is 0. The molecule has 2 aromatic rings. The molecule has 0 atom stereocenters. The minimum Gasteiger partial charge on any atom is -0.490 e. The third kappa shape index (κ3) is 4.98. The number of benzene rings is 2. The molecule has 0 aliphatic heterocycles. The lowest BCUT2D eigenvalue weighted by atomic mass is 10.2. The lowest BCUT2D eigenvalue weighted by Crippen LogP contribution is -2.13. The largest absolute Gasteiger partial charge is 0.490 e. The SMILES string of the molecule is C=CCOc1ccc(C(=O)Nc2cccc(NC(=O)CC)c2)cc1. The van der Waals surface area contributed by atoms with Crippen LogP contribution in [0.15, 0.2) is 61.2 Å². The van der Waals surface area contributed by atoms with Gasteiger partial charge in [-0.05, 0) is 42.5 Å². The molecule has 5 heteroatoms. The molecule has 0 aliphatic carbocycles. The van der Waals surface area contributed by atoms with Crippen LogP contribution < -0.4 is 15.4 Å². The second kappa shape index (κ2) is 8.53. The first-order valence-electron chi connectivity index (χ1n) is 7.67. The van der Waals surface area contributed by atoms with E-state index in [2.05, 4.69) is 17.2 Å². The van der Waals surface area contributed by atoms with E-state index in [0.717, 1.165) is 0 Å². The maximum absolute atomic E-state index is 12.3. The number of carbonyl (C=O) groups is 2. The van der Waals surface area contributed by atoms with Crippen LogP contribution in [0.4, 0.5) is 11.4 Å². The van der Waals surface area contributed by atoms with Crippen LogP contribution >= 0.6 is 0 Å². The highest BCUT2D eigenvalue weighted by molar-refractivity contribution is 6.04. The Balaban J connectivity index is 2.02. The van der Waals surface area contributed by atoms with Crippen LogP contribution in [-0.4, -0.2) is 18.4 Å². The summed E-state index contributed by atoms with van der Waals surface area (Å²) in [6, 6.07) is 13.9. The van der Waals surface area contributed by atoms with E-state index in [0.29, 0.717) is 35.7 Å². The number of rotatable bonds is 7. The van der Waals surface area contributed by atoms with E-state index < -0.39 is 0 Å². The van der Waals surface area contributed by atoms with Gasteiger partial charge in [-0.15, -0.1) is 0 Å². The second-order valence-electron chi connectivity index (χ2n) is 5.06. The number of hydrogen-bond acceptors (Lipinski definition) is 3. The summed E-state index contributed by atoms with van der Waals surface area (Å²) < 4.78 is 5.38. The van der Waals surface area contributed by atoms with E-state index in [1.807, 2.05) is 0 Å². The van der Waals surface area contributed by atoms with Crippen LogP contribution in [0.2, 0.25) is 0 Å². The minimum atomic E-state index is -0.232. The van der Waals surface area contributed by atoms with Crippen LogP contribution in [-0.2, 0) is 4.79 Å². The molecular formula is C19H20N2O3. The van der Waals surface area contributed by atoms with E-state index in [9.17, 15) is 9.59 Å². The van der Waals surface area contributed by atoms with Gasteiger partial charge in [0.25, 0.3) is 5.91 Å². The zero-order valence-corrected chi connectivity index (χ0v) is 13.5. The second-order valence-corrected chi connectivity index (χ2v) is 5.06.